The van der Waals surface area contributed by atoms with E-state index >= 15 is 0 Å². The first-order chi connectivity index (χ1) is 21.1. The summed E-state index contributed by atoms with van der Waals surface area (Å²) in [6, 6.07) is 1.69. The molecule has 3 heterocycles. The minimum Gasteiger partial charge on any atom is -0.489 e. The van der Waals surface area contributed by atoms with Gasteiger partial charge < -0.3 is 24.0 Å². The van der Waals surface area contributed by atoms with Crippen LogP contribution >= 0.6 is 0 Å². The van der Waals surface area contributed by atoms with Crippen molar-refractivity contribution < 1.29 is 37.8 Å². The van der Waals surface area contributed by atoms with Crippen LogP contribution in [0.2, 0.25) is 0 Å². The van der Waals surface area contributed by atoms with E-state index in [4.69, 9.17) is 14.2 Å². The number of rotatable bonds is 12. The number of nitrogens with zero attached hydrogens (tertiary/aromatic N) is 3. The number of alkyl halides is 1. The van der Waals surface area contributed by atoms with Crippen molar-refractivity contribution in [1.29, 1.82) is 0 Å². The van der Waals surface area contributed by atoms with Gasteiger partial charge in [-0.2, -0.15) is 0 Å². The predicted octanol–water partition coefficient (Wildman–Crippen LogP) is 5.87. The van der Waals surface area contributed by atoms with E-state index in [0.29, 0.717) is 56.3 Å². The monoisotopic (exact) mass is 633 g/mol. The number of ether oxygens (including phenoxy) is 3. The molecular formula is C34H52FN3O7. The van der Waals surface area contributed by atoms with Gasteiger partial charge in [-0.05, 0) is 91.2 Å². The first kappa shape index (κ1) is 36.2. The van der Waals surface area contributed by atoms with E-state index in [9.17, 15) is 23.6 Å². The number of halogens is 1. The lowest BCUT2D eigenvalue weighted by Crippen LogP contribution is -2.43. The molecule has 0 bridgehead atoms. The van der Waals surface area contributed by atoms with Crippen molar-refractivity contribution >= 4 is 23.8 Å². The minimum atomic E-state index is -0.671. The largest absolute Gasteiger partial charge is 0.489 e. The zero-order valence-electron chi connectivity index (χ0n) is 27.9. The van der Waals surface area contributed by atoms with E-state index < -0.39 is 29.8 Å². The van der Waals surface area contributed by atoms with Crippen LogP contribution in [0.5, 0.6) is 5.75 Å². The van der Waals surface area contributed by atoms with Gasteiger partial charge in [0.2, 0.25) is 5.91 Å². The van der Waals surface area contributed by atoms with Crippen molar-refractivity contribution in [2.45, 2.75) is 110 Å². The van der Waals surface area contributed by atoms with E-state index in [0.717, 1.165) is 25.7 Å². The summed E-state index contributed by atoms with van der Waals surface area (Å²) in [4.78, 5) is 59.7. The maximum Gasteiger partial charge on any atom is 0.410 e. The zero-order chi connectivity index (χ0) is 33.2. The third kappa shape index (κ3) is 12.6. The fraction of sp³-hybridized carbons (Fsp3) is 0.735. The maximum absolute atomic E-state index is 13.6. The van der Waals surface area contributed by atoms with Crippen LogP contribution in [0.1, 0.15) is 104 Å². The molecule has 0 unspecified atom stereocenters. The molecule has 11 heteroatoms. The minimum absolute atomic E-state index is 0.00865. The van der Waals surface area contributed by atoms with Gasteiger partial charge in [0.05, 0.1) is 12.6 Å². The average Bonchev–Trinajstić information content (AvgIpc) is 2.97. The number of hydrogen-bond acceptors (Lipinski definition) is 8. The SMILES string of the molecule is CC(C)(C)OC(=O)C[C@H](CC(=O)[C@@H]1CCCN(C(=O)CCC2CCN(C(=O)OC(C)(C)C)CC2)C1)c1cncc(OCCF)c1. The molecule has 2 atom stereocenters. The summed E-state index contributed by atoms with van der Waals surface area (Å²) in [6.07, 6.45) is 7.12. The molecule has 0 saturated carbocycles. The Bertz CT molecular complexity index is 1160. The number of carbonyl (C=O) groups is 4. The van der Waals surface area contributed by atoms with E-state index in [2.05, 4.69) is 4.98 Å². The number of hydrogen-bond donors (Lipinski definition) is 0. The van der Waals surface area contributed by atoms with E-state index in [1.54, 1.807) is 42.8 Å². The van der Waals surface area contributed by atoms with Gasteiger partial charge >= 0.3 is 12.1 Å². The number of amides is 2. The molecule has 252 valence electrons. The lowest BCUT2D eigenvalue weighted by Gasteiger charge is -2.35. The fourth-order valence-electron chi connectivity index (χ4n) is 5.88. The molecule has 2 fully saturated rings. The number of carbonyl (C=O) groups excluding carboxylic acids is 4. The highest BCUT2D eigenvalue weighted by molar-refractivity contribution is 5.84. The van der Waals surface area contributed by atoms with Crippen LogP contribution in [-0.4, -0.2) is 89.2 Å². The third-order valence-electron chi connectivity index (χ3n) is 8.09. The quantitative estimate of drug-likeness (QED) is 0.263. The Morgan fingerprint density at radius 3 is 2.27 bits per heavy atom. The lowest BCUT2D eigenvalue weighted by atomic mass is 9.84. The van der Waals surface area contributed by atoms with Crippen LogP contribution < -0.4 is 4.74 Å². The second-order valence-electron chi connectivity index (χ2n) is 14.3. The molecule has 0 spiro atoms. The van der Waals surface area contributed by atoms with Gasteiger partial charge in [-0.1, -0.05) is 0 Å². The van der Waals surface area contributed by atoms with Gasteiger partial charge in [0, 0.05) is 57.1 Å². The lowest BCUT2D eigenvalue weighted by molar-refractivity contribution is -0.155. The van der Waals surface area contributed by atoms with Crippen molar-refractivity contribution in [3.63, 3.8) is 0 Å². The van der Waals surface area contributed by atoms with Crippen LogP contribution in [0.3, 0.4) is 0 Å². The smallest absolute Gasteiger partial charge is 0.410 e. The molecule has 45 heavy (non-hydrogen) atoms. The number of piperidine rings is 2. The highest BCUT2D eigenvalue weighted by Crippen LogP contribution is 2.31. The van der Waals surface area contributed by atoms with Gasteiger partial charge in [-0.15, -0.1) is 0 Å². The predicted molar refractivity (Wildman–Crippen MR) is 168 cm³/mol. The van der Waals surface area contributed by atoms with Crippen molar-refractivity contribution in [3.8, 4) is 5.75 Å². The number of aromatic nitrogens is 1. The van der Waals surface area contributed by atoms with Crippen molar-refractivity contribution in [1.82, 2.24) is 14.8 Å². The molecule has 0 aromatic carbocycles. The summed E-state index contributed by atoms with van der Waals surface area (Å²) >= 11 is 0. The second kappa shape index (κ2) is 16.4. The van der Waals surface area contributed by atoms with Crippen LogP contribution in [0, 0.1) is 11.8 Å². The molecule has 1 aromatic rings. The first-order valence-corrected chi connectivity index (χ1v) is 16.3. The molecule has 10 nitrogen and oxygen atoms in total. The molecule has 0 aliphatic carbocycles. The summed E-state index contributed by atoms with van der Waals surface area (Å²) in [6.45, 7) is 12.4. The van der Waals surface area contributed by atoms with E-state index in [-0.39, 0.29) is 43.2 Å². The molecule has 0 radical (unpaired) electrons. The molecule has 2 saturated heterocycles. The second-order valence-corrected chi connectivity index (χ2v) is 14.3. The normalized spacial score (nSPS) is 18.7. The molecule has 0 N–H and O–H groups in total. The summed E-state index contributed by atoms with van der Waals surface area (Å²) in [5.74, 6) is -0.461. The van der Waals surface area contributed by atoms with Crippen LogP contribution in [-0.2, 0) is 23.9 Å². The van der Waals surface area contributed by atoms with Gasteiger partial charge in [-0.25, -0.2) is 9.18 Å². The number of ketones is 1. The summed E-state index contributed by atoms with van der Waals surface area (Å²) < 4.78 is 29.1. The fourth-order valence-corrected chi connectivity index (χ4v) is 5.88. The first-order valence-electron chi connectivity index (χ1n) is 16.3. The van der Waals surface area contributed by atoms with Crippen molar-refractivity contribution in [3.05, 3.63) is 24.0 Å². The highest BCUT2D eigenvalue weighted by atomic mass is 19.1. The van der Waals surface area contributed by atoms with Crippen LogP contribution in [0.4, 0.5) is 9.18 Å². The Hall–Kier alpha value is -3.24. The Morgan fingerprint density at radius 1 is 0.933 bits per heavy atom. The maximum atomic E-state index is 13.6. The van der Waals surface area contributed by atoms with E-state index in [1.165, 1.54) is 6.20 Å². The third-order valence-corrected chi connectivity index (χ3v) is 8.09. The number of likely N-dealkylation sites (tertiary alicyclic amines) is 2. The molecule has 3 rings (SSSR count). The van der Waals surface area contributed by atoms with Crippen LogP contribution in [0.25, 0.3) is 0 Å². The Kier molecular flexibility index (Phi) is 13.2. The average molecular weight is 634 g/mol. The molecule has 2 aliphatic heterocycles. The molecule has 1 aromatic heterocycles. The van der Waals surface area contributed by atoms with Crippen molar-refractivity contribution in [2.24, 2.45) is 11.8 Å². The topological polar surface area (TPSA) is 115 Å². The summed E-state index contributed by atoms with van der Waals surface area (Å²) in [7, 11) is 0. The Morgan fingerprint density at radius 2 is 1.62 bits per heavy atom. The number of esters is 1. The van der Waals surface area contributed by atoms with Gasteiger partial charge in [0.1, 0.15) is 36.0 Å². The summed E-state index contributed by atoms with van der Waals surface area (Å²) in [5.41, 5.74) is -0.553. The Balaban J connectivity index is 1.56. The van der Waals surface area contributed by atoms with Gasteiger partial charge in [0.25, 0.3) is 0 Å². The summed E-state index contributed by atoms with van der Waals surface area (Å²) in [5, 5.41) is 0. The van der Waals surface area contributed by atoms with Gasteiger partial charge in [-0.3, -0.25) is 19.4 Å². The van der Waals surface area contributed by atoms with Crippen molar-refractivity contribution in [2.75, 3.05) is 39.5 Å². The standard InChI is InChI=1S/C34H52FN3O7/c1-33(2,3)44-31(41)20-26(27-18-28(22-36-21-27)43-17-13-35)19-29(39)25-8-7-14-38(23-25)30(40)10-9-24-11-15-37(16-12-24)32(42)45-34(4,5)6/h18,21-22,24-26H,7-17,19-20,23H2,1-6H3/t25-,26+/m1/s1. The molecular weight excluding hydrogens is 581 g/mol. The molecule has 2 aliphatic rings. The Labute approximate surface area is 267 Å². The number of pyridine rings is 1. The number of Topliss-reactive ketones (excluding diaryl/α,β-unsaturated/α-hetero) is 1. The highest BCUT2D eigenvalue weighted by Gasteiger charge is 2.32. The van der Waals surface area contributed by atoms with Gasteiger partial charge in [0.15, 0.2) is 0 Å². The van der Waals surface area contributed by atoms with Crippen LogP contribution in [0.15, 0.2) is 18.5 Å². The zero-order valence-corrected chi connectivity index (χ0v) is 27.9. The van der Waals surface area contributed by atoms with E-state index in [1.807, 2.05) is 20.8 Å². The molecule has 2 amide bonds.